The Morgan fingerprint density at radius 2 is 0.993 bits per heavy atom. The molecule has 17 amide bonds. The van der Waals surface area contributed by atoms with Crippen LogP contribution in [-0.2, 0) is 114 Å². The van der Waals surface area contributed by atoms with E-state index in [2.05, 4.69) is 93.7 Å². The molecule has 4 aromatic heterocycles. The zero-order valence-corrected chi connectivity index (χ0v) is 78.9. The Balaban J connectivity index is 1.11. The summed E-state index contributed by atoms with van der Waals surface area (Å²) in [5.74, 6) is -17.6. The van der Waals surface area contributed by atoms with Gasteiger partial charge < -0.3 is 126 Å². The lowest BCUT2D eigenvalue weighted by molar-refractivity contribution is -0.149. The van der Waals surface area contributed by atoms with Crippen LogP contribution in [0.15, 0.2) is 116 Å². The van der Waals surface area contributed by atoms with Gasteiger partial charge in [-0.25, -0.2) is 9.97 Å². The number of fused-ring (bicyclic) bond motifs is 3. The number of nitrogens with one attached hydrogen (secondary N) is 17. The summed E-state index contributed by atoms with van der Waals surface area (Å²) in [4.78, 5) is 276. The molecule has 2 saturated heterocycles. The molecular weight excluding hydrogens is 1790 g/mol. The largest absolute Gasteiger partial charge is 0.394 e. The van der Waals surface area contributed by atoms with Crippen molar-refractivity contribution in [1.82, 2.24) is 113 Å². The van der Waals surface area contributed by atoms with E-state index < -0.39 is 222 Å². The molecule has 2 aliphatic rings. The number of benzene rings is 3. The van der Waals surface area contributed by atoms with E-state index in [1.165, 1.54) is 53.1 Å². The number of aliphatic hydroxyl groups is 1. The minimum atomic E-state index is -1.89. The molecule has 9 rings (SSSR count). The lowest BCUT2D eigenvalue weighted by Gasteiger charge is -2.36. The van der Waals surface area contributed by atoms with Crippen LogP contribution in [0.3, 0.4) is 0 Å². The summed E-state index contributed by atoms with van der Waals surface area (Å²) in [5.41, 5.74) is 20.3. The zero-order valence-electron chi connectivity index (χ0n) is 78.1. The van der Waals surface area contributed by atoms with E-state index in [-0.39, 0.29) is 96.1 Å². The molecule has 14 atom stereocenters. The SMILES string of the molecule is CCCC[C@H]1C(=O)N(C)[C@@H](CCCC)C(=O)N[C@@H](CCCNC(=N)N)C(=O)N[C@H](C(=O)NCC(N)=O)CSCC(=O)N[C@@H](Cc2ccccc2)C(=O)N(C)C(C)C(=O)N[C@@H](CC(N)=O)C(=O)N2CCC[C@H]2C(=O)N[C@@H](Cc2cnc[nH]2)C(=O)N[C@@H](CC(C)C)C(=O)N[C@@H](Cc2cnc[nH]2)C(=O)N[C@@H](Cc2c[nH]c3ccccc23)C(=O)N[C@@H](CO)C(=O)N[C@@H](Cc2c[nH]c3ccccc23)C(=O)N1C. The summed E-state index contributed by atoms with van der Waals surface area (Å²) in [5, 5.41) is 52.5. The highest BCUT2D eigenvalue weighted by atomic mass is 32.2. The summed E-state index contributed by atoms with van der Waals surface area (Å²) in [6, 6.07) is 0.877. The van der Waals surface area contributed by atoms with Gasteiger partial charge in [-0.05, 0) is 86.6 Å². The zero-order chi connectivity index (χ0) is 99.7. The average Bonchev–Trinajstić information content (AvgIpc) is 1.68. The number of carbonyl (C=O) groups excluding carboxylic acids is 17. The first-order chi connectivity index (χ1) is 65.5. The molecule has 2 aliphatic heterocycles. The molecule has 6 heterocycles. The first-order valence-electron chi connectivity index (χ1n) is 45.8. The number of nitrogens with zero attached hydrogens (tertiary/aromatic N) is 6. The summed E-state index contributed by atoms with van der Waals surface area (Å²) in [6.07, 6.45) is 8.12. The number of thioether (sulfide) groups is 1. The van der Waals surface area contributed by atoms with E-state index in [1.54, 1.807) is 105 Å². The molecule has 0 bridgehead atoms. The fourth-order valence-corrected chi connectivity index (χ4v) is 17.2. The third-order valence-electron chi connectivity index (χ3n) is 24.0. The van der Waals surface area contributed by atoms with Crippen LogP contribution in [0.2, 0.25) is 0 Å². The highest BCUT2D eigenvalue weighted by Gasteiger charge is 2.44. The van der Waals surface area contributed by atoms with Gasteiger partial charge in [0.25, 0.3) is 0 Å². The van der Waals surface area contributed by atoms with Crippen LogP contribution in [0, 0.1) is 11.3 Å². The molecule has 44 nitrogen and oxygen atoms in total. The van der Waals surface area contributed by atoms with Crippen molar-refractivity contribution in [3.05, 3.63) is 144 Å². The molecule has 2 fully saturated rings. The van der Waals surface area contributed by atoms with E-state index in [9.17, 15) is 48.3 Å². The van der Waals surface area contributed by atoms with Gasteiger partial charge in [0, 0.05) is 130 Å². The first kappa shape index (κ1) is 106. The van der Waals surface area contributed by atoms with Crippen molar-refractivity contribution in [3.8, 4) is 0 Å². The predicted octanol–water partition coefficient (Wildman–Crippen LogP) is -2.15. The van der Waals surface area contributed by atoms with Gasteiger partial charge >= 0.3 is 0 Å². The van der Waals surface area contributed by atoms with Crippen molar-refractivity contribution >= 4 is 140 Å². The Hall–Kier alpha value is -14.3. The van der Waals surface area contributed by atoms with Crippen molar-refractivity contribution in [3.63, 3.8) is 0 Å². The van der Waals surface area contributed by atoms with Gasteiger partial charge in [0.15, 0.2) is 5.96 Å². The van der Waals surface area contributed by atoms with E-state index in [0.717, 1.165) is 31.4 Å². The number of unbranched alkanes of at least 4 members (excludes halogenated alkanes) is 2. The normalized spacial score (nSPS) is 23.5. The van der Waals surface area contributed by atoms with Crippen molar-refractivity contribution in [2.75, 3.05) is 58.9 Å². The minimum Gasteiger partial charge on any atom is -0.394 e. The number of hydrogen-bond donors (Lipinski definition) is 21. The van der Waals surface area contributed by atoms with Crippen LogP contribution in [-0.4, -0.2) is 304 Å². The molecule has 45 heteroatoms. The molecule has 1 unspecified atom stereocenters. The van der Waals surface area contributed by atoms with Crippen LogP contribution in [0.1, 0.15) is 140 Å². The first-order valence-corrected chi connectivity index (χ1v) is 47.0. The molecule has 0 radical (unpaired) electrons. The third-order valence-corrected chi connectivity index (χ3v) is 25.0. The minimum absolute atomic E-state index is 0.00241. The number of para-hydroxylation sites is 2. The topological polar surface area (TPSA) is 659 Å². The van der Waals surface area contributed by atoms with Gasteiger partial charge in [-0.1, -0.05) is 120 Å². The Morgan fingerprint density at radius 1 is 0.504 bits per heavy atom. The Labute approximate surface area is 796 Å². The highest BCUT2D eigenvalue weighted by molar-refractivity contribution is 8.00. The van der Waals surface area contributed by atoms with Gasteiger partial charge in [0.1, 0.15) is 84.6 Å². The van der Waals surface area contributed by atoms with Gasteiger partial charge in [0.2, 0.25) is 100 Å². The van der Waals surface area contributed by atoms with E-state index in [0.29, 0.717) is 75.6 Å². The number of aromatic nitrogens is 6. The summed E-state index contributed by atoms with van der Waals surface area (Å²) in [6.45, 7) is 6.59. The number of carbonyl (C=O) groups is 17. The van der Waals surface area contributed by atoms with Crippen LogP contribution < -0.4 is 81.0 Å². The number of hydrogen-bond acceptors (Lipinski definition) is 22. The van der Waals surface area contributed by atoms with Crippen LogP contribution in [0.5, 0.6) is 0 Å². The van der Waals surface area contributed by atoms with E-state index in [1.807, 2.05) is 13.8 Å². The van der Waals surface area contributed by atoms with Crippen molar-refractivity contribution in [2.24, 2.45) is 23.1 Å². The standard InChI is InChI=1S/C92H128N26O18S/c1-9-11-29-72-86(131)106-62(28-20-32-99-92(95)96)80(125)114-71(79(124)102-45-76(94)121)47-137-48-77(122)105-67(35-53-22-14-13-15-23-53)88(133)115(6)52(5)78(123)111-69(40-75(93)120)90(135)118-33-21-31-73(118)87(132)110-66(39-57-44-98-50-104-57)84(129)107-63(34-51(3)4)81(126)109-65(38-56-43-97-49-103-56)83(128)108-64(36-54-41-100-60-26-18-16-24-58(54)60)82(127)113-70(46-119)85(130)112-68(37-55-42-101-61-27-19-17-25-59(55)61)89(134)117(8)74(30-12-10-2)91(136)116(72)7/h13-19,22-27,41-44,49-52,62-74,100-101,119H,9-12,20-21,28-40,45-48H2,1-8H3,(H2,93,120)(H2,94,121)(H,97,103)(H,98,104)(H,102,124)(H,105,122)(H,106,131)(H,107,129)(H,108,128)(H,109,126)(H,110,132)(H,111,123)(H,112,130)(H,113,127)(H,114,125)(H4,95,96,99)/t52?,62-,63-,64-,65-,66-,67-,68-,69-,70-,71-,72-,73-,74-/m0/s1. The molecule has 0 spiro atoms. The quantitative estimate of drug-likeness (QED) is 0.0141. The Morgan fingerprint density at radius 3 is 1.55 bits per heavy atom. The summed E-state index contributed by atoms with van der Waals surface area (Å²) >= 11 is 0.792. The highest BCUT2D eigenvalue weighted by Crippen LogP contribution is 2.26. The number of primary amides is 2. The number of rotatable bonds is 28. The summed E-state index contributed by atoms with van der Waals surface area (Å²) < 4.78 is 0. The number of H-pyrrole nitrogens is 4. The Bertz CT molecular complexity index is 5360. The number of likely N-dealkylation sites (N-methyl/N-ethyl adjacent to an activating group) is 3. The van der Waals surface area contributed by atoms with Crippen LogP contribution in [0.4, 0.5) is 0 Å². The molecule has 740 valence electrons. The number of guanidine groups is 1. The van der Waals surface area contributed by atoms with E-state index >= 15 is 38.4 Å². The third kappa shape index (κ3) is 30.9. The van der Waals surface area contributed by atoms with Crippen molar-refractivity contribution in [1.29, 1.82) is 5.41 Å². The van der Waals surface area contributed by atoms with Crippen molar-refractivity contribution < 1.29 is 86.6 Å². The maximum absolute atomic E-state index is 15.8. The maximum Gasteiger partial charge on any atom is 0.246 e. The Kier molecular flexibility index (Phi) is 40.4. The molecule has 0 aliphatic carbocycles. The average molecular weight is 1920 g/mol. The fraction of sp³-hybridized carbons (Fsp3) is 0.500. The number of imidazole rings is 2. The monoisotopic (exact) mass is 1920 g/mol. The molecular formula is C92H128N26O18S. The molecule has 7 aromatic rings. The second kappa shape index (κ2) is 52.0. The molecule has 24 N–H and O–H groups in total. The number of aromatic amines is 4. The fourth-order valence-electron chi connectivity index (χ4n) is 16.4. The predicted molar refractivity (Wildman–Crippen MR) is 506 cm³/mol. The number of amides is 17. The van der Waals surface area contributed by atoms with Crippen LogP contribution >= 0.6 is 11.8 Å². The number of aliphatic hydroxyl groups excluding tert-OH is 1. The van der Waals surface area contributed by atoms with Gasteiger partial charge in [-0.3, -0.25) is 86.9 Å². The van der Waals surface area contributed by atoms with Gasteiger partial charge in [0.05, 0.1) is 38.0 Å². The second-order valence-corrected chi connectivity index (χ2v) is 35.8. The van der Waals surface area contributed by atoms with E-state index in [4.69, 9.17) is 22.6 Å². The lowest BCUT2D eigenvalue weighted by atomic mass is 10.00. The van der Waals surface area contributed by atoms with Gasteiger partial charge in [-0.15, -0.1) is 11.8 Å². The summed E-state index contributed by atoms with van der Waals surface area (Å²) in [7, 11) is 3.96. The number of nitrogens with two attached hydrogens (primary N) is 3. The maximum atomic E-state index is 15.8. The van der Waals surface area contributed by atoms with Crippen molar-refractivity contribution in [2.45, 2.75) is 228 Å². The second-order valence-electron chi connectivity index (χ2n) is 34.7. The lowest BCUT2D eigenvalue weighted by Crippen LogP contribution is -2.62. The molecule has 0 saturated carbocycles. The molecule has 137 heavy (non-hydrogen) atoms. The van der Waals surface area contributed by atoms with Crippen LogP contribution in [0.25, 0.3) is 21.8 Å². The smallest absolute Gasteiger partial charge is 0.246 e. The van der Waals surface area contributed by atoms with Gasteiger partial charge in [-0.2, -0.15) is 0 Å². The molecule has 3 aromatic carbocycles.